The summed E-state index contributed by atoms with van der Waals surface area (Å²) < 4.78 is 0. The molecule has 0 spiro atoms. The highest BCUT2D eigenvalue weighted by atomic mass is 32.1. The van der Waals surface area contributed by atoms with Gasteiger partial charge in [-0.3, -0.25) is 9.89 Å². The summed E-state index contributed by atoms with van der Waals surface area (Å²) in [7, 11) is 0. The fraction of sp³-hybridized carbons (Fsp3) is 0.889. The van der Waals surface area contributed by atoms with Crippen LogP contribution in [0.2, 0.25) is 0 Å². The molecule has 0 unspecified atom stereocenters. The largest absolute Gasteiger partial charge is 0.370 e. The van der Waals surface area contributed by atoms with Gasteiger partial charge in [0.15, 0.2) is 5.96 Å². The van der Waals surface area contributed by atoms with Crippen LogP contribution < -0.4 is 11.5 Å². The van der Waals surface area contributed by atoms with E-state index in [1.807, 2.05) is 0 Å². The standard InChI is InChI=1S/C9H18N4S/c10-9(11)12-6-1-2-7(3-6)13-4-8(14)5-13/h6-8,14H,1-5H2,(H4,10,11,12)/t6-,7-/m1/s1. The molecule has 0 aromatic rings. The second-order valence-electron chi connectivity index (χ2n) is 4.28. The van der Waals surface area contributed by atoms with Gasteiger partial charge in [-0.1, -0.05) is 0 Å². The number of nitrogens with two attached hydrogens (primary N) is 2. The van der Waals surface area contributed by atoms with Crippen LogP contribution >= 0.6 is 12.6 Å². The fourth-order valence-corrected chi connectivity index (χ4v) is 2.80. The Morgan fingerprint density at radius 2 is 2.00 bits per heavy atom. The van der Waals surface area contributed by atoms with Gasteiger partial charge < -0.3 is 11.5 Å². The zero-order chi connectivity index (χ0) is 10.1. The molecule has 2 fully saturated rings. The van der Waals surface area contributed by atoms with Gasteiger partial charge in [-0.25, -0.2) is 0 Å². The number of nitrogens with zero attached hydrogens (tertiary/aromatic N) is 2. The van der Waals surface area contributed by atoms with Gasteiger partial charge in [0.2, 0.25) is 0 Å². The molecule has 0 aromatic heterocycles. The Morgan fingerprint density at radius 3 is 2.57 bits per heavy atom. The van der Waals surface area contributed by atoms with E-state index in [4.69, 9.17) is 11.5 Å². The van der Waals surface area contributed by atoms with Crippen LogP contribution in [-0.2, 0) is 0 Å². The topological polar surface area (TPSA) is 67.6 Å². The average Bonchev–Trinajstić information content (AvgIpc) is 2.46. The van der Waals surface area contributed by atoms with E-state index in [-0.39, 0.29) is 5.96 Å². The third-order valence-electron chi connectivity index (χ3n) is 3.12. The first-order valence-corrected chi connectivity index (χ1v) is 5.67. The maximum Gasteiger partial charge on any atom is 0.186 e. The Morgan fingerprint density at radius 1 is 1.29 bits per heavy atom. The maximum absolute atomic E-state index is 5.36. The monoisotopic (exact) mass is 214 g/mol. The molecule has 0 radical (unpaired) electrons. The van der Waals surface area contributed by atoms with E-state index in [0.29, 0.717) is 17.3 Å². The van der Waals surface area contributed by atoms with Crippen LogP contribution in [0.25, 0.3) is 0 Å². The number of hydrogen-bond donors (Lipinski definition) is 3. The minimum Gasteiger partial charge on any atom is -0.370 e. The van der Waals surface area contributed by atoms with E-state index in [0.717, 1.165) is 25.9 Å². The number of hydrogen-bond acceptors (Lipinski definition) is 3. The van der Waals surface area contributed by atoms with Crippen molar-refractivity contribution in [2.24, 2.45) is 16.5 Å². The van der Waals surface area contributed by atoms with E-state index >= 15 is 0 Å². The lowest BCUT2D eigenvalue weighted by atomic mass is 10.1. The number of guanidine groups is 1. The van der Waals surface area contributed by atoms with Crippen molar-refractivity contribution in [3.05, 3.63) is 0 Å². The van der Waals surface area contributed by atoms with Crippen molar-refractivity contribution in [1.29, 1.82) is 0 Å². The van der Waals surface area contributed by atoms with Gasteiger partial charge in [-0.15, -0.1) is 0 Å². The lowest BCUT2D eigenvalue weighted by molar-refractivity contribution is 0.128. The molecule has 1 saturated heterocycles. The smallest absolute Gasteiger partial charge is 0.186 e. The van der Waals surface area contributed by atoms with Crippen molar-refractivity contribution >= 4 is 18.6 Å². The summed E-state index contributed by atoms with van der Waals surface area (Å²) >= 11 is 4.41. The quantitative estimate of drug-likeness (QED) is 0.339. The number of aliphatic imine (C=N–C) groups is 1. The lowest BCUT2D eigenvalue weighted by Gasteiger charge is -2.41. The fourth-order valence-electron chi connectivity index (χ4n) is 2.38. The van der Waals surface area contributed by atoms with Gasteiger partial charge in [-0.2, -0.15) is 12.6 Å². The molecule has 2 atom stereocenters. The molecule has 0 aromatic carbocycles. The maximum atomic E-state index is 5.36. The predicted molar refractivity (Wildman–Crippen MR) is 61.6 cm³/mol. The highest BCUT2D eigenvalue weighted by Crippen LogP contribution is 2.30. The molecule has 2 aliphatic rings. The molecule has 0 bridgehead atoms. The van der Waals surface area contributed by atoms with Crippen molar-refractivity contribution in [1.82, 2.24) is 4.90 Å². The summed E-state index contributed by atoms with van der Waals surface area (Å²) in [5, 5.41) is 0.581. The van der Waals surface area contributed by atoms with Crippen molar-refractivity contribution in [2.45, 2.75) is 36.6 Å². The van der Waals surface area contributed by atoms with E-state index in [9.17, 15) is 0 Å². The van der Waals surface area contributed by atoms with Gasteiger partial charge in [0.25, 0.3) is 0 Å². The molecule has 4 N–H and O–H groups in total. The molecule has 14 heavy (non-hydrogen) atoms. The molecule has 1 saturated carbocycles. The second-order valence-corrected chi connectivity index (χ2v) is 5.01. The van der Waals surface area contributed by atoms with Crippen molar-refractivity contribution in [3.8, 4) is 0 Å². The van der Waals surface area contributed by atoms with E-state index in [1.54, 1.807) is 0 Å². The van der Waals surface area contributed by atoms with Gasteiger partial charge in [0.1, 0.15) is 0 Å². The Bertz CT molecular complexity index is 233. The van der Waals surface area contributed by atoms with Crippen LogP contribution in [0.5, 0.6) is 0 Å². The first-order valence-electron chi connectivity index (χ1n) is 5.16. The van der Waals surface area contributed by atoms with Gasteiger partial charge >= 0.3 is 0 Å². The summed E-state index contributed by atoms with van der Waals surface area (Å²) in [6.07, 6.45) is 3.46. The van der Waals surface area contributed by atoms with Crippen molar-refractivity contribution in [2.75, 3.05) is 13.1 Å². The first-order chi connectivity index (χ1) is 6.65. The molecule has 80 valence electrons. The normalized spacial score (nSPS) is 34.1. The summed E-state index contributed by atoms with van der Waals surface area (Å²) in [5.41, 5.74) is 10.7. The van der Waals surface area contributed by atoms with Gasteiger partial charge in [0.05, 0.1) is 6.04 Å². The predicted octanol–water partition coefficient (Wildman–Crippen LogP) is -0.205. The summed E-state index contributed by atoms with van der Waals surface area (Å²) in [5.74, 6) is 0.228. The van der Waals surface area contributed by atoms with E-state index in [2.05, 4.69) is 22.5 Å². The summed E-state index contributed by atoms with van der Waals surface area (Å²) in [6, 6.07) is 1.04. The summed E-state index contributed by atoms with van der Waals surface area (Å²) in [6.45, 7) is 2.25. The van der Waals surface area contributed by atoms with Gasteiger partial charge in [-0.05, 0) is 19.3 Å². The number of likely N-dealkylation sites (tertiary alicyclic amines) is 1. The zero-order valence-electron chi connectivity index (χ0n) is 8.26. The highest BCUT2D eigenvalue weighted by Gasteiger charge is 2.35. The Hall–Kier alpha value is -0.420. The molecule has 1 aliphatic carbocycles. The first kappa shape index (κ1) is 10.1. The third kappa shape index (κ3) is 2.15. The van der Waals surface area contributed by atoms with Crippen LogP contribution in [-0.4, -0.2) is 41.3 Å². The molecule has 5 heteroatoms. The van der Waals surface area contributed by atoms with Crippen molar-refractivity contribution in [3.63, 3.8) is 0 Å². The Kier molecular flexibility index (Phi) is 2.88. The third-order valence-corrected chi connectivity index (χ3v) is 3.44. The van der Waals surface area contributed by atoms with Crippen LogP contribution in [0.4, 0.5) is 0 Å². The Balaban J connectivity index is 1.80. The highest BCUT2D eigenvalue weighted by molar-refractivity contribution is 7.81. The number of rotatable bonds is 2. The number of thiol groups is 1. The average molecular weight is 214 g/mol. The van der Waals surface area contributed by atoms with Crippen LogP contribution in [0.15, 0.2) is 4.99 Å². The lowest BCUT2D eigenvalue weighted by Crippen LogP contribution is -2.52. The van der Waals surface area contributed by atoms with E-state index < -0.39 is 0 Å². The molecular weight excluding hydrogens is 196 g/mol. The van der Waals surface area contributed by atoms with Crippen LogP contribution in [0.1, 0.15) is 19.3 Å². The second kappa shape index (κ2) is 3.98. The molecule has 4 nitrogen and oxygen atoms in total. The molecule has 0 amide bonds. The minimum absolute atomic E-state index is 0.228. The molecular formula is C9H18N4S. The molecule has 1 heterocycles. The minimum atomic E-state index is 0.228. The molecule has 2 rings (SSSR count). The Labute approximate surface area is 90.1 Å². The van der Waals surface area contributed by atoms with Gasteiger partial charge in [0, 0.05) is 24.4 Å². The van der Waals surface area contributed by atoms with E-state index in [1.165, 1.54) is 6.42 Å². The SMILES string of the molecule is NC(N)=N[C@@H]1CC[C@@H](N2CC(S)C2)C1. The summed E-state index contributed by atoms with van der Waals surface area (Å²) in [4.78, 5) is 6.70. The molecule has 1 aliphatic heterocycles. The van der Waals surface area contributed by atoms with Crippen molar-refractivity contribution < 1.29 is 0 Å². The van der Waals surface area contributed by atoms with Crippen LogP contribution in [0, 0.1) is 0 Å². The van der Waals surface area contributed by atoms with Crippen LogP contribution in [0.3, 0.4) is 0 Å². The zero-order valence-corrected chi connectivity index (χ0v) is 9.16.